The molecule has 3 N–H and O–H groups in total. The summed E-state index contributed by atoms with van der Waals surface area (Å²) >= 11 is 5.94. The first-order chi connectivity index (χ1) is 7.54. The predicted octanol–water partition coefficient (Wildman–Crippen LogP) is 1.76. The lowest BCUT2D eigenvalue weighted by atomic mass is 10.0. The van der Waals surface area contributed by atoms with E-state index < -0.39 is 0 Å². The smallest absolute Gasteiger partial charge is 0.139 e. The average molecular weight is 243 g/mol. The quantitative estimate of drug-likeness (QED) is 0.366. The summed E-state index contributed by atoms with van der Waals surface area (Å²) in [6.45, 7) is 2.65. The minimum absolute atomic E-state index is 0.109. The summed E-state index contributed by atoms with van der Waals surface area (Å²) in [5, 5.41) is 16.6. The Labute approximate surface area is 98.9 Å². The van der Waals surface area contributed by atoms with E-state index in [0.29, 0.717) is 11.4 Å². The minimum Gasteiger partial charge on any atom is -0.409 e. The molecule has 1 aliphatic rings. The Morgan fingerprint density at radius 2 is 2.44 bits per heavy atom. The molecular weight excluding hydrogens is 228 g/mol. The van der Waals surface area contributed by atoms with E-state index in [1.165, 1.54) is 0 Å². The Morgan fingerprint density at radius 1 is 1.75 bits per heavy atom. The van der Waals surface area contributed by atoms with Crippen LogP contribution in [0.3, 0.4) is 0 Å². The number of amidine groups is 1. The van der Waals surface area contributed by atoms with Gasteiger partial charge in [0, 0.05) is 19.2 Å². The second-order valence-electron chi connectivity index (χ2n) is 4.53. The molecule has 88 valence electrons. The summed E-state index contributed by atoms with van der Waals surface area (Å²) in [4.78, 5) is 0. The third-order valence-corrected chi connectivity index (χ3v) is 3.40. The molecule has 0 aliphatic heterocycles. The standard InChI is InChI=1S/C10H15ClN4O/c1-7-8(11)5-15(13-7)6-10(2-3-10)4-9(12)14-16/h5,16H,2-4,6H2,1H3,(H2,12,14). The number of nitrogens with two attached hydrogens (primary N) is 1. The maximum absolute atomic E-state index is 8.56. The lowest BCUT2D eigenvalue weighted by Gasteiger charge is -2.13. The Bertz CT molecular complexity index is 403. The fourth-order valence-electron chi connectivity index (χ4n) is 1.91. The van der Waals surface area contributed by atoms with Gasteiger partial charge in [0.2, 0.25) is 0 Å². The number of hydrogen-bond acceptors (Lipinski definition) is 3. The molecule has 1 fully saturated rings. The summed E-state index contributed by atoms with van der Waals surface area (Å²) in [6.07, 6.45) is 4.60. The van der Waals surface area contributed by atoms with E-state index in [4.69, 9.17) is 22.5 Å². The van der Waals surface area contributed by atoms with Gasteiger partial charge >= 0.3 is 0 Å². The van der Waals surface area contributed by atoms with Crippen molar-refractivity contribution >= 4 is 17.4 Å². The highest BCUT2D eigenvalue weighted by atomic mass is 35.5. The van der Waals surface area contributed by atoms with Crippen LogP contribution < -0.4 is 5.73 Å². The number of rotatable bonds is 4. The monoisotopic (exact) mass is 242 g/mol. The van der Waals surface area contributed by atoms with Crippen molar-refractivity contribution < 1.29 is 5.21 Å². The molecule has 0 aromatic carbocycles. The van der Waals surface area contributed by atoms with Crippen molar-refractivity contribution in [3.8, 4) is 0 Å². The van der Waals surface area contributed by atoms with Crippen molar-refractivity contribution in [2.24, 2.45) is 16.3 Å². The van der Waals surface area contributed by atoms with Gasteiger partial charge in [0.25, 0.3) is 0 Å². The van der Waals surface area contributed by atoms with E-state index >= 15 is 0 Å². The average Bonchev–Trinajstić information content (AvgIpc) is 2.89. The molecule has 1 heterocycles. The van der Waals surface area contributed by atoms with Crippen molar-refractivity contribution in [1.29, 1.82) is 0 Å². The van der Waals surface area contributed by atoms with Gasteiger partial charge in [0.1, 0.15) is 5.84 Å². The first kappa shape index (κ1) is 11.3. The van der Waals surface area contributed by atoms with Gasteiger partial charge in [0.05, 0.1) is 10.7 Å². The van der Waals surface area contributed by atoms with Gasteiger partial charge in [-0.15, -0.1) is 0 Å². The van der Waals surface area contributed by atoms with Crippen LogP contribution in [0.1, 0.15) is 25.0 Å². The van der Waals surface area contributed by atoms with E-state index in [1.807, 2.05) is 17.8 Å². The second kappa shape index (κ2) is 3.97. The molecule has 5 nitrogen and oxygen atoms in total. The third kappa shape index (κ3) is 2.29. The number of halogens is 1. The van der Waals surface area contributed by atoms with E-state index in [2.05, 4.69) is 10.3 Å². The molecule has 1 saturated carbocycles. The van der Waals surface area contributed by atoms with Crippen LogP contribution in [-0.4, -0.2) is 20.8 Å². The van der Waals surface area contributed by atoms with Crippen LogP contribution in [0.25, 0.3) is 0 Å². The Balaban J connectivity index is 2.04. The first-order valence-corrected chi connectivity index (χ1v) is 5.58. The van der Waals surface area contributed by atoms with Gasteiger partial charge < -0.3 is 10.9 Å². The normalized spacial score (nSPS) is 18.8. The molecule has 16 heavy (non-hydrogen) atoms. The maximum Gasteiger partial charge on any atom is 0.139 e. The fourth-order valence-corrected chi connectivity index (χ4v) is 2.06. The van der Waals surface area contributed by atoms with Crippen molar-refractivity contribution in [2.75, 3.05) is 0 Å². The molecule has 0 bridgehead atoms. The first-order valence-electron chi connectivity index (χ1n) is 5.21. The summed E-state index contributed by atoms with van der Waals surface area (Å²) in [6, 6.07) is 0. The van der Waals surface area contributed by atoms with Crippen LogP contribution >= 0.6 is 11.6 Å². The second-order valence-corrected chi connectivity index (χ2v) is 4.94. The van der Waals surface area contributed by atoms with E-state index in [-0.39, 0.29) is 11.3 Å². The summed E-state index contributed by atoms with van der Waals surface area (Å²) in [7, 11) is 0. The lowest BCUT2D eigenvalue weighted by molar-refractivity contribution is 0.312. The summed E-state index contributed by atoms with van der Waals surface area (Å²) in [5.74, 6) is 0.285. The van der Waals surface area contributed by atoms with Gasteiger partial charge in [0.15, 0.2) is 0 Å². The predicted molar refractivity (Wildman–Crippen MR) is 61.7 cm³/mol. The highest BCUT2D eigenvalue weighted by Gasteiger charge is 2.44. The van der Waals surface area contributed by atoms with Gasteiger partial charge in [-0.3, -0.25) is 4.68 Å². The molecule has 2 rings (SSSR count). The number of hydrogen-bond donors (Lipinski definition) is 2. The summed E-state index contributed by atoms with van der Waals surface area (Å²) < 4.78 is 1.84. The van der Waals surface area contributed by atoms with Crippen molar-refractivity contribution in [3.63, 3.8) is 0 Å². The molecule has 0 unspecified atom stereocenters. The van der Waals surface area contributed by atoms with Crippen LogP contribution in [-0.2, 0) is 6.54 Å². The molecular formula is C10H15ClN4O. The molecule has 0 radical (unpaired) electrons. The third-order valence-electron chi connectivity index (χ3n) is 3.03. The molecule has 1 aromatic heterocycles. The van der Waals surface area contributed by atoms with E-state index in [1.54, 1.807) is 0 Å². The van der Waals surface area contributed by atoms with Gasteiger partial charge in [-0.05, 0) is 25.2 Å². The fraction of sp³-hybridized carbons (Fsp3) is 0.600. The zero-order chi connectivity index (χ0) is 11.8. The Hall–Kier alpha value is -1.23. The highest BCUT2D eigenvalue weighted by Crippen LogP contribution is 2.50. The molecule has 1 aliphatic carbocycles. The minimum atomic E-state index is 0.109. The zero-order valence-electron chi connectivity index (χ0n) is 9.15. The maximum atomic E-state index is 8.56. The summed E-state index contributed by atoms with van der Waals surface area (Å²) in [5.41, 5.74) is 6.48. The largest absolute Gasteiger partial charge is 0.409 e. The van der Waals surface area contributed by atoms with Crippen LogP contribution in [0.5, 0.6) is 0 Å². The van der Waals surface area contributed by atoms with Crippen LogP contribution in [0.15, 0.2) is 11.4 Å². The van der Waals surface area contributed by atoms with Gasteiger partial charge in [-0.1, -0.05) is 16.8 Å². The SMILES string of the molecule is Cc1nn(CC2(CC(N)=NO)CC2)cc1Cl. The number of nitrogens with zero attached hydrogens (tertiary/aromatic N) is 3. The highest BCUT2D eigenvalue weighted by molar-refractivity contribution is 6.31. The molecule has 0 amide bonds. The Morgan fingerprint density at radius 3 is 2.88 bits per heavy atom. The van der Waals surface area contributed by atoms with E-state index in [0.717, 1.165) is 25.1 Å². The Kier molecular flexibility index (Phi) is 2.80. The van der Waals surface area contributed by atoms with Gasteiger partial charge in [-0.25, -0.2) is 0 Å². The molecule has 0 saturated heterocycles. The van der Waals surface area contributed by atoms with Crippen LogP contribution in [0.4, 0.5) is 0 Å². The van der Waals surface area contributed by atoms with Crippen molar-refractivity contribution in [1.82, 2.24) is 9.78 Å². The molecule has 0 spiro atoms. The van der Waals surface area contributed by atoms with Gasteiger partial charge in [-0.2, -0.15) is 5.10 Å². The molecule has 6 heteroatoms. The van der Waals surface area contributed by atoms with Crippen LogP contribution in [0.2, 0.25) is 5.02 Å². The number of oxime groups is 1. The lowest BCUT2D eigenvalue weighted by Crippen LogP contribution is -2.21. The van der Waals surface area contributed by atoms with E-state index in [9.17, 15) is 0 Å². The molecule has 0 atom stereocenters. The number of aryl methyl sites for hydroxylation is 1. The van der Waals surface area contributed by atoms with Crippen LogP contribution in [0, 0.1) is 12.3 Å². The topological polar surface area (TPSA) is 76.4 Å². The van der Waals surface area contributed by atoms with Crippen molar-refractivity contribution in [2.45, 2.75) is 32.7 Å². The molecule has 1 aromatic rings. The van der Waals surface area contributed by atoms with Crippen molar-refractivity contribution in [3.05, 3.63) is 16.9 Å². The zero-order valence-corrected chi connectivity index (χ0v) is 9.91. The number of aromatic nitrogens is 2.